The molecule has 1 fully saturated rings. The van der Waals surface area contributed by atoms with Crippen LogP contribution in [0.1, 0.15) is 10.6 Å². The number of hydrogen-bond donors (Lipinski definition) is 0. The molecule has 0 spiro atoms. The van der Waals surface area contributed by atoms with Gasteiger partial charge in [0.2, 0.25) is 0 Å². The van der Waals surface area contributed by atoms with Crippen LogP contribution in [-0.4, -0.2) is 60.8 Å². The second-order valence-corrected chi connectivity index (χ2v) is 6.72. The van der Waals surface area contributed by atoms with Gasteiger partial charge in [0, 0.05) is 37.6 Å². The fourth-order valence-electron chi connectivity index (χ4n) is 2.05. The molecule has 1 aliphatic heterocycles. The first-order valence-corrected chi connectivity index (χ1v) is 8.14. The van der Waals surface area contributed by atoms with Gasteiger partial charge in [0.25, 0.3) is 0 Å². The summed E-state index contributed by atoms with van der Waals surface area (Å²) in [5.41, 5.74) is 1.23. The molecule has 2 heterocycles. The van der Waals surface area contributed by atoms with Crippen molar-refractivity contribution in [1.29, 1.82) is 0 Å². The van der Waals surface area contributed by atoms with Crippen LogP contribution in [0.3, 0.4) is 0 Å². The molecule has 1 aromatic heterocycles. The first-order valence-electron chi connectivity index (χ1n) is 6.10. The highest BCUT2D eigenvalue weighted by Crippen LogP contribution is 2.25. The van der Waals surface area contributed by atoms with Gasteiger partial charge in [0.05, 0.1) is 5.69 Å². The molecule has 2 rings (SSSR count). The van der Waals surface area contributed by atoms with Crippen molar-refractivity contribution in [2.75, 3.05) is 46.0 Å². The van der Waals surface area contributed by atoms with E-state index in [1.54, 1.807) is 11.8 Å². The van der Waals surface area contributed by atoms with Gasteiger partial charge in [0.1, 0.15) is 4.34 Å². The predicted octanol–water partition coefficient (Wildman–Crippen LogP) is 2.81. The third kappa shape index (κ3) is 5.78. The van der Waals surface area contributed by atoms with E-state index in [0.29, 0.717) is 0 Å². The van der Waals surface area contributed by atoms with Crippen LogP contribution in [0, 0.1) is 6.92 Å². The molecule has 19 heavy (non-hydrogen) atoms. The highest BCUT2D eigenvalue weighted by atomic mass is 35.5. The monoisotopic (exact) mass is 343 g/mol. The Kier molecular flexibility index (Phi) is 9.66. The number of likely N-dealkylation sites (N-methyl/N-ethyl adjacent to an activating group) is 1. The summed E-state index contributed by atoms with van der Waals surface area (Å²) in [4.78, 5) is 11.0. The van der Waals surface area contributed by atoms with Gasteiger partial charge in [0.15, 0.2) is 0 Å². The van der Waals surface area contributed by atoms with E-state index in [0.717, 1.165) is 6.42 Å². The molecular weight excluding hydrogens is 321 g/mol. The Balaban J connectivity index is 0.00000162. The van der Waals surface area contributed by atoms with Crippen LogP contribution >= 0.6 is 47.9 Å². The summed E-state index contributed by atoms with van der Waals surface area (Å²) in [6.07, 6.45) is 3.26. The number of nitrogens with zero attached hydrogens (tertiary/aromatic N) is 3. The van der Waals surface area contributed by atoms with Gasteiger partial charge < -0.3 is 9.80 Å². The predicted molar refractivity (Wildman–Crippen MR) is 90.8 cm³/mol. The third-order valence-corrected chi connectivity index (χ3v) is 5.50. The number of rotatable bonds is 4. The Morgan fingerprint density at radius 3 is 2.37 bits per heavy atom. The van der Waals surface area contributed by atoms with E-state index in [2.05, 4.69) is 35.0 Å². The fourth-order valence-corrected chi connectivity index (χ4v) is 3.70. The van der Waals surface area contributed by atoms with Crippen LogP contribution in [0.5, 0.6) is 0 Å². The minimum Gasteiger partial charge on any atom is -0.304 e. The third-order valence-electron chi connectivity index (χ3n) is 3.30. The molecule has 0 atom stereocenters. The molecule has 0 bridgehead atoms. The number of aromatic nitrogens is 1. The number of aryl methyl sites for hydroxylation is 1. The topological polar surface area (TPSA) is 19.4 Å². The summed E-state index contributed by atoms with van der Waals surface area (Å²) in [6.45, 7) is 8.16. The fraction of sp³-hybridized carbons (Fsp3) is 0.750. The molecule has 0 saturated carbocycles. The van der Waals surface area contributed by atoms with E-state index >= 15 is 0 Å². The van der Waals surface area contributed by atoms with E-state index in [1.165, 1.54) is 47.6 Å². The number of halogens is 2. The van der Waals surface area contributed by atoms with Crippen molar-refractivity contribution < 1.29 is 0 Å². The number of piperazine rings is 1. The molecular formula is C12H23Cl2N3S2. The van der Waals surface area contributed by atoms with Gasteiger partial charge in [-0.25, -0.2) is 4.98 Å². The summed E-state index contributed by atoms with van der Waals surface area (Å²) in [5, 5.41) is 0. The molecule has 1 aromatic rings. The van der Waals surface area contributed by atoms with E-state index < -0.39 is 0 Å². The summed E-state index contributed by atoms with van der Waals surface area (Å²) >= 11 is 3.62. The van der Waals surface area contributed by atoms with E-state index in [9.17, 15) is 0 Å². The Hall–Kier alpha value is 0.480. The zero-order chi connectivity index (χ0) is 12.3. The maximum Gasteiger partial charge on any atom is 0.150 e. The van der Waals surface area contributed by atoms with Crippen LogP contribution in [0.2, 0.25) is 0 Å². The van der Waals surface area contributed by atoms with Gasteiger partial charge in [-0.1, -0.05) is 11.8 Å². The van der Waals surface area contributed by atoms with E-state index in [-0.39, 0.29) is 24.8 Å². The van der Waals surface area contributed by atoms with E-state index in [4.69, 9.17) is 0 Å². The summed E-state index contributed by atoms with van der Waals surface area (Å²) in [7, 11) is 2.20. The number of thiazole rings is 1. The molecule has 0 unspecified atom stereocenters. The number of hydrogen-bond acceptors (Lipinski definition) is 5. The molecule has 0 aliphatic carbocycles. The van der Waals surface area contributed by atoms with Gasteiger partial charge in [-0.05, 0) is 26.6 Å². The smallest absolute Gasteiger partial charge is 0.150 e. The molecule has 1 saturated heterocycles. The van der Waals surface area contributed by atoms with Gasteiger partial charge in [-0.15, -0.1) is 36.2 Å². The van der Waals surface area contributed by atoms with Gasteiger partial charge in [-0.2, -0.15) is 0 Å². The lowest BCUT2D eigenvalue weighted by molar-refractivity contribution is 0.155. The van der Waals surface area contributed by atoms with E-state index in [1.807, 2.05) is 11.3 Å². The summed E-state index contributed by atoms with van der Waals surface area (Å²) in [6, 6.07) is 0. The second kappa shape index (κ2) is 9.42. The van der Waals surface area contributed by atoms with Crippen molar-refractivity contribution >= 4 is 47.9 Å². The maximum atomic E-state index is 4.56. The van der Waals surface area contributed by atoms with Crippen molar-refractivity contribution in [3.8, 4) is 0 Å². The molecule has 0 radical (unpaired) electrons. The highest BCUT2D eigenvalue weighted by Gasteiger charge is 2.14. The largest absolute Gasteiger partial charge is 0.304 e. The average Bonchev–Trinajstić information content (AvgIpc) is 2.69. The van der Waals surface area contributed by atoms with Crippen molar-refractivity contribution in [1.82, 2.24) is 14.8 Å². The SMILES string of the molecule is CSc1nc(C)c(CCN2CCN(C)CC2)s1.Cl.Cl. The standard InChI is InChI=1S/C12H21N3S2.2ClH/c1-10-11(17-12(13-10)16-3)4-5-15-8-6-14(2)7-9-15;;/h4-9H2,1-3H3;2*1H. The van der Waals surface area contributed by atoms with Crippen LogP contribution in [-0.2, 0) is 6.42 Å². The highest BCUT2D eigenvalue weighted by molar-refractivity contribution is 8.00. The Morgan fingerprint density at radius 1 is 1.21 bits per heavy atom. The first kappa shape index (κ1) is 19.5. The average molecular weight is 344 g/mol. The first-order chi connectivity index (χ1) is 8.19. The molecule has 0 aromatic carbocycles. The zero-order valence-corrected chi connectivity index (χ0v) is 15.0. The molecule has 7 heteroatoms. The van der Waals surface area contributed by atoms with Crippen LogP contribution in [0.4, 0.5) is 0 Å². The van der Waals surface area contributed by atoms with Gasteiger partial charge in [-0.3, -0.25) is 0 Å². The van der Waals surface area contributed by atoms with Crippen molar-refractivity contribution in [3.63, 3.8) is 0 Å². The lowest BCUT2D eigenvalue weighted by Gasteiger charge is -2.32. The van der Waals surface area contributed by atoms with Crippen molar-refractivity contribution in [2.24, 2.45) is 0 Å². The Labute approximate surface area is 137 Å². The minimum atomic E-state index is 0. The molecule has 1 aliphatic rings. The number of thioether (sulfide) groups is 1. The van der Waals surface area contributed by atoms with Gasteiger partial charge >= 0.3 is 0 Å². The minimum absolute atomic E-state index is 0. The molecule has 3 nitrogen and oxygen atoms in total. The van der Waals surface area contributed by atoms with Crippen LogP contribution in [0.25, 0.3) is 0 Å². The van der Waals surface area contributed by atoms with Crippen LogP contribution < -0.4 is 0 Å². The summed E-state index contributed by atoms with van der Waals surface area (Å²) in [5.74, 6) is 0. The molecule has 112 valence electrons. The summed E-state index contributed by atoms with van der Waals surface area (Å²) < 4.78 is 1.20. The molecule has 0 N–H and O–H groups in total. The Bertz CT molecular complexity index is 366. The zero-order valence-electron chi connectivity index (χ0n) is 11.7. The van der Waals surface area contributed by atoms with Crippen molar-refractivity contribution in [3.05, 3.63) is 10.6 Å². The maximum absolute atomic E-state index is 4.56. The van der Waals surface area contributed by atoms with Crippen molar-refractivity contribution in [2.45, 2.75) is 17.7 Å². The Morgan fingerprint density at radius 2 is 1.84 bits per heavy atom. The molecule has 0 amide bonds. The lowest BCUT2D eigenvalue weighted by atomic mass is 10.2. The quantitative estimate of drug-likeness (QED) is 0.782. The van der Waals surface area contributed by atoms with Crippen LogP contribution in [0.15, 0.2) is 4.34 Å². The second-order valence-electron chi connectivity index (χ2n) is 4.59. The normalized spacial score (nSPS) is 16.8. The lowest BCUT2D eigenvalue weighted by Crippen LogP contribution is -2.45.